The molecule has 3 rings (SSSR count). The average Bonchev–Trinajstić information content (AvgIpc) is 2.77. The van der Waals surface area contributed by atoms with Gasteiger partial charge in [-0.2, -0.15) is 15.8 Å². The largest absolute Gasteiger partial charge is 0.448 e. The molecule has 2 aliphatic heterocycles. The highest BCUT2D eigenvalue weighted by Crippen LogP contribution is 2.66. The van der Waals surface area contributed by atoms with E-state index in [0.717, 1.165) is 0 Å². The second kappa shape index (κ2) is 5.26. The van der Waals surface area contributed by atoms with Crippen LogP contribution < -0.4 is 0 Å². The van der Waals surface area contributed by atoms with Gasteiger partial charge in [-0.05, 0) is 17.7 Å². The van der Waals surface area contributed by atoms with Crippen LogP contribution in [0, 0.1) is 66.3 Å². The van der Waals surface area contributed by atoms with Crippen molar-refractivity contribution >= 4 is 11.6 Å². The van der Waals surface area contributed by atoms with E-state index >= 15 is 0 Å². The van der Waals surface area contributed by atoms with E-state index in [2.05, 4.69) is 0 Å². The molecule has 2 heterocycles. The lowest BCUT2D eigenvalue weighted by molar-refractivity contribution is -0.384. The van der Waals surface area contributed by atoms with Gasteiger partial charge in [-0.25, -0.2) is 0 Å². The Labute approximate surface area is 148 Å². The van der Waals surface area contributed by atoms with Gasteiger partial charge in [-0.15, -0.1) is 0 Å². The molecule has 130 valence electrons. The van der Waals surface area contributed by atoms with E-state index in [9.17, 15) is 25.9 Å². The smallest absolute Gasteiger partial charge is 0.269 e. The van der Waals surface area contributed by atoms with E-state index in [1.54, 1.807) is 13.8 Å². The van der Waals surface area contributed by atoms with E-state index in [-0.39, 0.29) is 5.69 Å². The molecule has 0 spiro atoms. The van der Waals surface area contributed by atoms with Crippen LogP contribution in [0.3, 0.4) is 0 Å². The second-order valence-corrected chi connectivity index (χ2v) is 6.47. The fraction of sp³-hybridized carbons (Fsp3) is 0.412. The first kappa shape index (κ1) is 17.3. The molecule has 1 aromatic carbocycles. The molecule has 1 aromatic rings. The zero-order valence-electron chi connectivity index (χ0n) is 13.9. The van der Waals surface area contributed by atoms with Crippen molar-refractivity contribution in [3.8, 4) is 18.2 Å². The van der Waals surface area contributed by atoms with Crippen molar-refractivity contribution in [1.82, 2.24) is 0 Å². The number of hydrogen-bond acceptors (Lipinski definition) is 8. The van der Waals surface area contributed by atoms with Crippen molar-refractivity contribution < 1.29 is 14.4 Å². The SMILES string of the molecule is C[C@@H]1[C@@]2(C)OC(=N)[C@@]1(C#N)C(C#N)(C#N)[C@@H](c1ccc([N+](=O)[O-])cc1)O2. The topological polar surface area (TPSA) is 157 Å². The zero-order valence-corrected chi connectivity index (χ0v) is 13.9. The first-order valence-corrected chi connectivity index (χ1v) is 7.66. The maximum atomic E-state index is 10.9. The average molecular weight is 351 g/mol. The number of fused-ring (bicyclic) bond motifs is 2. The van der Waals surface area contributed by atoms with Gasteiger partial charge in [0.15, 0.2) is 5.41 Å². The quantitative estimate of drug-likeness (QED) is 0.633. The summed E-state index contributed by atoms with van der Waals surface area (Å²) in [7, 11) is 0. The summed E-state index contributed by atoms with van der Waals surface area (Å²) >= 11 is 0. The zero-order chi connectivity index (χ0) is 19.3. The number of benzene rings is 1. The summed E-state index contributed by atoms with van der Waals surface area (Å²) in [5.41, 5.74) is -3.72. The molecular weight excluding hydrogens is 338 g/mol. The van der Waals surface area contributed by atoms with Crippen molar-refractivity contribution in [3.05, 3.63) is 39.9 Å². The van der Waals surface area contributed by atoms with Crippen LogP contribution in [0.15, 0.2) is 24.3 Å². The Hall–Kier alpha value is -3.48. The Kier molecular flexibility index (Phi) is 3.51. The number of nitrogens with zero attached hydrogens (tertiary/aromatic N) is 4. The van der Waals surface area contributed by atoms with Gasteiger partial charge in [-0.3, -0.25) is 15.5 Å². The highest BCUT2D eigenvalue weighted by Gasteiger charge is 2.78. The van der Waals surface area contributed by atoms with Gasteiger partial charge in [0.2, 0.25) is 17.1 Å². The summed E-state index contributed by atoms with van der Waals surface area (Å²) in [5.74, 6) is -2.61. The Bertz CT molecular complexity index is 924. The molecule has 0 radical (unpaired) electrons. The Morgan fingerprint density at radius 3 is 2.23 bits per heavy atom. The van der Waals surface area contributed by atoms with E-state index in [0.29, 0.717) is 5.56 Å². The summed E-state index contributed by atoms with van der Waals surface area (Å²) in [6, 6.07) is 11.0. The van der Waals surface area contributed by atoms with Crippen LogP contribution in [-0.4, -0.2) is 16.6 Å². The highest BCUT2D eigenvalue weighted by atomic mass is 16.7. The van der Waals surface area contributed by atoms with Crippen LogP contribution >= 0.6 is 0 Å². The van der Waals surface area contributed by atoms with Crippen LogP contribution in [-0.2, 0) is 9.47 Å². The first-order chi connectivity index (χ1) is 12.2. The normalized spacial score (nSPS) is 34.0. The highest BCUT2D eigenvalue weighted by molar-refractivity contribution is 5.89. The van der Waals surface area contributed by atoms with Gasteiger partial charge in [0.05, 0.1) is 29.0 Å². The predicted molar refractivity (Wildman–Crippen MR) is 85.0 cm³/mol. The molecule has 0 aliphatic carbocycles. The molecule has 0 saturated carbocycles. The van der Waals surface area contributed by atoms with E-state index in [1.165, 1.54) is 24.3 Å². The standard InChI is InChI=1S/C17H13N5O4/c1-10-15(2)25-13(11-3-5-12(6-4-11)22(23)24)16(7-18,8-19)17(10,9-20)14(21)26-15/h3-6,10,13,21H,1-2H3/t10-,13-,15-,17+/m1/s1. The van der Waals surface area contributed by atoms with Crippen LogP contribution in [0.5, 0.6) is 0 Å². The Balaban J connectivity index is 2.25. The fourth-order valence-electron chi connectivity index (χ4n) is 3.78. The van der Waals surface area contributed by atoms with Gasteiger partial charge in [0.25, 0.3) is 5.69 Å². The van der Waals surface area contributed by atoms with Gasteiger partial charge in [-0.1, -0.05) is 6.92 Å². The van der Waals surface area contributed by atoms with Crippen LogP contribution in [0.2, 0.25) is 0 Å². The van der Waals surface area contributed by atoms with Gasteiger partial charge in [0.1, 0.15) is 6.10 Å². The number of nitro groups is 1. The predicted octanol–water partition coefficient (Wildman–Crippen LogP) is 2.57. The minimum Gasteiger partial charge on any atom is -0.448 e. The number of nitro benzene ring substituents is 1. The molecule has 9 heteroatoms. The third kappa shape index (κ3) is 1.77. The van der Waals surface area contributed by atoms with E-state index in [1.807, 2.05) is 18.2 Å². The first-order valence-electron chi connectivity index (χ1n) is 7.66. The van der Waals surface area contributed by atoms with Crippen molar-refractivity contribution in [2.24, 2.45) is 16.7 Å². The molecule has 2 bridgehead atoms. The third-order valence-electron chi connectivity index (χ3n) is 5.40. The number of hydrogen-bond donors (Lipinski definition) is 1. The maximum Gasteiger partial charge on any atom is 0.269 e. The molecule has 9 nitrogen and oxygen atoms in total. The lowest BCUT2D eigenvalue weighted by Crippen LogP contribution is -2.57. The molecule has 4 atom stereocenters. The van der Waals surface area contributed by atoms with Crippen LogP contribution in [0.25, 0.3) is 0 Å². The molecular formula is C17H13N5O4. The minimum absolute atomic E-state index is 0.161. The maximum absolute atomic E-state index is 10.9. The van der Waals surface area contributed by atoms with Gasteiger partial charge < -0.3 is 9.47 Å². The van der Waals surface area contributed by atoms with Crippen LogP contribution in [0.1, 0.15) is 25.5 Å². The summed E-state index contributed by atoms with van der Waals surface area (Å²) in [6.07, 6.45) is -1.22. The van der Waals surface area contributed by atoms with Crippen molar-refractivity contribution in [3.63, 3.8) is 0 Å². The number of nitrogens with one attached hydrogen (secondary N) is 1. The second-order valence-electron chi connectivity index (χ2n) is 6.47. The molecule has 0 unspecified atom stereocenters. The van der Waals surface area contributed by atoms with Crippen molar-refractivity contribution in [2.45, 2.75) is 25.7 Å². The number of nitriles is 3. The Morgan fingerprint density at radius 1 is 1.19 bits per heavy atom. The molecule has 2 aliphatic rings. The summed E-state index contributed by atoms with van der Waals surface area (Å²) in [5, 5.41) is 48.7. The lowest BCUT2D eigenvalue weighted by Gasteiger charge is -2.47. The molecule has 26 heavy (non-hydrogen) atoms. The molecule has 2 fully saturated rings. The molecule has 0 aromatic heterocycles. The molecule has 0 amide bonds. The number of rotatable bonds is 2. The molecule has 1 N–H and O–H groups in total. The number of ether oxygens (including phenoxy) is 2. The molecule has 2 saturated heterocycles. The van der Waals surface area contributed by atoms with E-state index in [4.69, 9.17) is 14.9 Å². The fourth-order valence-corrected chi connectivity index (χ4v) is 3.78. The Morgan fingerprint density at radius 2 is 1.77 bits per heavy atom. The van der Waals surface area contributed by atoms with E-state index < -0.39 is 39.5 Å². The van der Waals surface area contributed by atoms with Gasteiger partial charge >= 0.3 is 0 Å². The van der Waals surface area contributed by atoms with Crippen molar-refractivity contribution in [1.29, 1.82) is 21.2 Å². The summed E-state index contributed by atoms with van der Waals surface area (Å²) in [6.45, 7) is 3.14. The minimum atomic E-state index is -2.05. The summed E-state index contributed by atoms with van der Waals surface area (Å²) < 4.78 is 11.4. The van der Waals surface area contributed by atoms with Crippen LogP contribution in [0.4, 0.5) is 5.69 Å². The van der Waals surface area contributed by atoms with Crippen molar-refractivity contribution in [2.75, 3.05) is 0 Å². The monoisotopic (exact) mass is 351 g/mol. The number of non-ortho nitro benzene ring substituents is 1. The summed E-state index contributed by atoms with van der Waals surface area (Å²) in [4.78, 5) is 10.3. The van der Waals surface area contributed by atoms with Gasteiger partial charge in [0, 0.05) is 19.1 Å². The lowest BCUT2D eigenvalue weighted by atomic mass is 9.54. The third-order valence-corrected chi connectivity index (χ3v) is 5.40.